The van der Waals surface area contributed by atoms with Crippen molar-refractivity contribution in [1.82, 2.24) is 10.2 Å². The Bertz CT molecular complexity index is 780. The fraction of sp³-hybridized carbons (Fsp3) is 0.300. The molecule has 28 heavy (non-hydrogen) atoms. The third-order valence-corrected chi connectivity index (χ3v) is 3.95. The van der Waals surface area contributed by atoms with E-state index in [0.29, 0.717) is 24.3 Å². The molecule has 150 valence electrons. The smallest absolute Gasteiger partial charge is 0.411 e. The molecule has 0 aliphatic rings. The van der Waals surface area contributed by atoms with Crippen molar-refractivity contribution in [3.63, 3.8) is 0 Å². The standard InChI is InChI=1S/C20H23F2N3O3/c1-23-18(26)12-25(2)11-14-5-9-17(10-6-14)24-20(27)28-13-15-3-7-16(8-4-15)19(21)22/h3-10,19H,11-13H2,1-2H3,(H,23,26)(H,24,27). The molecule has 2 aromatic carbocycles. The second-order valence-electron chi connectivity index (χ2n) is 6.29. The Morgan fingerprint density at radius 2 is 1.64 bits per heavy atom. The molecule has 0 aromatic heterocycles. The number of nitrogens with zero attached hydrogens (tertiary/aromatic N) is 1. The number of alkyl halides is 2. The normalized spacial score (nSPS) is 10.8. The first-order valence-electron chi connectivity index (χ1n) is 8.66. The Balaban J connectivity index is 1.79. The van der Waals surface area contributed by atoms with Crippen LogP contribution >= 0.6 is 0 Å². The SMILES string of the molecule is CNC(=O)CN(C)Cc1ccc(NC(=O)OCc2ccc(C(F)F)cc2)cc1. The molecule has 2 N–H and O–H groups in total. The lowest BCUT2D eigenvalue weighted by Gasteiger charge is -2.15. The maximum Gasteiger partial charge on any atom is 0.411 e. The van der Waals surface area contributed by atoms with Gasteiger partial charge in [-0.2, -0.15) is 0 Å². The van der Waals surface area contributed by atoms with Gasteiger partial charge in [-0.25, -0.2) is 13.6 Å². The third-order valence-electron chi connectivity index (χ3n) is 3.95. The van der Waals surface area contributed by atoms with Crippen LogP contribution in [-0.4, -0.2) is 37.5 Å². The summed E-state index contributed by atoms with van der Waals surface area (Å²) in [5, 5.41) is 5.17. The lowest BCUT2D eigenvalue weighted by Crippen LogP contribution is -2.32. The van der Waals surface area contributed by atoms with E-state index >= 15 is 0 Å². The monoisotopic (exact) mass is 391 g/mol. The molecule has 8 heteroatoms. The van der Waals surface area contributed by atoms with Crippen LogP contribution in [0.2, 0.25) is 0 Å². The van der Waals surface area contributed by atoms with Crippen LogP contribution in [0.3, 0.4) is 0 Å². The third kappa shape index (κ3) is 6.96. The Morgan fingerprint density at radius 1 is 1.04 bits per heavy atom. The summed E-state index contributed by atoms with van der Waals surface area (Å²) in [7, 11) is 3.43. The summed E-state index contributed by atoms with van der Waals surface area (Å²) in [5.74, 6) is -0.0626. The highest BCUT2D eigenvalue weighted by molar-refractivity contribution is 5.84. The predicted octanol–water partition coefficient (Wildman–Crippen LogP) is 3.55. The first-order chi connectivity index (χ1) is 13.4. The molecule has 0 heterocycles. The minimum absolute atomic E-state index is 0.0161. The Hall–Kier alpha value is -3.00. The average molecular weight is 391 g/mol. The number of hydrogen-bond acceptors (Lipinski definition) is 4. The summed E-state index contributed by atoms with van der Waals surface area (Å²) in [6, 6.07) is 12.8. The van der Waals surface area contributed by atoms with Crippen LogP contribution in [0.5, 0.6) is 0 Å². The number of likely N-dealkylation sites (N-methyl/N-ethyl adjacent to an activating group) is 2. The van der Waals surface area contributed by atoms with Crippen molar-refractivity contribution in [2.45, 2.75) is 19.6 Å². The van der Waals surface area contributed by atoms with Crippen molar-refractivity contribution in [2.24, 2.45) is 0 Å². The topological polar surface area (TPSA) is 70.7 Å². The minimum Gasteiger partial charge on any atom is -0.444 e. The molecule has 0 bridgehead atoms. The zero-order valence-corrected chi connectivity index (χ0v) is 15.7. The number of rotatable bonds is 8. The van der Waals surface area contributed by atoms with Gasteiger partial charge in [0, 0.05) is 24.8 Å². The van der Waals surface area contributed by atoms with E-state index in [1.165, 1.54) is 24.3 Å². The number of ether oxygens (including phenoxy) is 1. The average Bonchev–Trinajstić information content (AvgIpc) is 2.68. The summed E-state index contributed by atoms with van der Waals surface area (Å²) in [6.45, 7) is 0.867. The van der Waals surface area contributed by atoms with Crippen molar-refractivity contribution in [3.8, 4) is 0 Å². The number of amides is 2. The van der Waals surface area contributed by atoms with Crippen molar-refractivity contribution in [3.05, 3.63) is 65.2 Å². The molecule has 0 aliphatic heterocycles. The van der Waals surface area contributed by atoms with E-state index in [0.717, 1.165) is 5.56 Å². The highest BCUT2D eigenvalue weighted by Crippen LogP contribution is 2.19. The van der Waals surface area contributed by atoms with Gasteiger partial charge in [-0.3, -0.25) is 15.0 Å². The Morgan fingerprint density at radius 3 is 2.21 bits per heavy atom. The van der Waals surface area contributed by atoms with Crippen molar-refractivity contribution in [1.29, 1.82) is 0 Å². The molecule has 2 aromatic rings. The van der Waals surface area contributed by atoms with Gasteiger partial charge in [0.05, 0.1) is 6.54 Å². The van der Waals surface area contributed by atoms with Crippen LogP contribution in [0.1, 0.15) is 23.1 Å². The zero-order chi connectivity index (χ0) is 20.5. The van der Waals surface area contributed by atoms with E-state index in [4.69, 9.17) is 4.74 Å². The molecular weight excluding hydrogens is 368 g/mol. The Labute approximate surface area is 162 Å². The number of benzene rings is 2. The molecule has 0 atom stereocenters. The molecule has 2 amide bonds. The van der Waals surface area contributed by atoms with E-state index in [1.807, 2.05) is 24.1 Å². The summed E-state index contributed by atoms with van der Waals surface area (Å²) in [6.07, 6.45) is -3.16. The molecule has 0 radical (unpaired) electrons. The molecule has 0 unspecified atom stereocenters. The molecule has 0 saturated carbocycles. The Kier molecular flexibility index (Phi) is 7.88. The maximum atomic E-state index is 12.5. The van der Waals surface area contributed by atoms with Gasteiger partial charge in [0.1, 0.15) is 6.61 Å². The van der Waals surface area contributed by atoms with E-state index in [9.17, 15) is 18.4 Å². The first-order valence-corrected chi connectivity index (χ1v) is 8.66. The first kappa shape index (κ1) is 21.3. The van der Waals surface area contributed by atoms with Crippen LogP contribution < -0.4 is 10.6 Å². The van der Waals surface area contributed by atoms with Gasteiger partial charge >= 0.3 is 6.09 Å². The molecule has 2 rings (SSSR count). The summed E-state index contributed by atoms with van der Waals surface area (Å²) in [5.41, 5.74) is 2.10. The van der Waals surface area contributed by atoms with Crippen molar-refractivity contribution in [2.75, 3.05) is 26.0 Å². The van der Waals surface area contributed by atoms with Crippen LogP contribution in [0.25, 0.3) is 0 Å². The number of anilines is 1. The quantitative estimate of drug-likeness (QED) is 0.722. The van der Waals surface area contributed by atoms with Crippen molar-refractivity contribution >= 4 is 17.7 Å². The summed E-state index contributed by atoms with van der Waals surface area (Å²) < 4.78 is 30.1. The van der Waals surface area contributed by atoms with Gasteiger partial charge in [-0.1, -0.05) is 36.4 Å². The predicted molar refractivity (Wildman–Crippen MR) is 102 cm³/mol. The van der Waals surface area contributed by atoms with Crippen LogP contribution in [-0.2, 0) is 22.7 Å². The van der Waals surface area contributed by atoms with Gasteiger partial charge in [0.2, 0.25) is 5.91 Å². The molecule has 0 aliphatic carbocycles. The van der Waals surface area contributed by atoms with E-state index in [1.54, 1.807) is 19.2 Å². The van der Waals surface area contributed by atoms with Gasteiger partial charge in [-0.05, 0) is 30.3 Å². The molecule has 0 fully saturated rings. The number of carbonyl (C=O) groups excluding carboxylic acids is 2. The summed E-state index contributed by atoms with van der Waals surface area (Å²) >= 11 is 0. The van der Waals surface area contributed by atoms with E-state index < -0.39 is 12.5 Å². The van der Waals surface area contributed by atoms with E-state index in [2.05, 4.69) is 10.6 Å². The molecule has 0 saturated heterocycles. The maximum absolute atomic E-state index is 12.5. The van der Waals surface area contributed by atoms with Crippen LogP contribution in [0.15, 0.2) is 48.5 Å². The fourth-order valence-corrected chi connectivity index (χ4v) is 2.45. The second-order valence-corrected chi connectivity index (χ2v) is 6.29. The minimum atomic E-state index is -2.52. The fourth-order valence-electron chi connectivity index (χ4n) is 2.45. The number of nitrogens with one attached hydrogen (secondary N) is 2. The highest BCUT2D eigenvalue weighted by Gasteiger charge is 2.08. The lowest BCUT2D eigenvalue weighted by atomic mass is 10.1. The molecular formula is C20H23F2N3O3. The summed E-state index contributed by atoms with van der Waals surface area (Å²) in [4.78, 5) is 25.1. The van der Waals surface area contributed by atoms with Gasteiger partial charge in [-0.15, -0.1) is 0 Å². The van der Waals surface area contributed by atoms with Gasteiger partial charge in [0.15, 0.2) is 0 Å². The van der Waals surface area contributed by atoms with Gasteiger partial charge < -0.3 is 10.1 Å². The number of halogens is 2. The van der Waals surface area contributed by atoms with Crippen LogP contribution in [0.4, 0.5) is 19.3 Å². The number of carbonyl (C=O) groups is 2. The lowest BCUT2D eigenvalue weighted by molar-refractivity contribution is -0.121. The zero-order valence-electron chi connectivity index (χ0n) is 15.7. The van der Waals surface area contributed by atoms with Gasteiger partial charge in [0.25, 0.3) is 6.43 Å². The molecule has 0 spiro atoms. The second kappa shape index (κ2) is 10.4. The van der Waals surface area contributed by atoms with Crippen LogP contribution in [0, 0.1) is 0 Å². The molecule has 6 nitrogen and oxygen atoms in total. The largest absolute Gasteiger partial charge is 0.444 e. The highest BCUT2D eigenvalue weighted by atomic mass is 19.3. The van der Waals surface area contributed by atoms with Crippen molar-refractivity contribution < 1.29 is 23.1 Å². The van der Waals surface area contributed by atoms with E-state index in [-0.39, 0.29) is 18.1 Å². The number of hydrogen-bond donors (Lipinski definition) is 2.